The minimum absolute atomic E-state index is 0.0113. The molecule has 1 aromatic heterocycles. The average molecular weight is 315 g/mol. The van der Waals surface area contributed by atoms with E-state index in [2.05, 4.69) is 27.7 Å². The van der Waals surface area contributed by atoms with Crippen LogP contribution in [0.4, 0.5) is 0 Å². The minimum Gasteiger partial charge on any atom is -0.358 e. The van der Waals surface area contributed by atoms with E-state index in [1.807, 2.05) is 18.2 Å². The molecule has 5 heteroatoms. The molecule has 1 N–H and O–H groups in total. The van der Waals surface area contributed by atoms with Crippen LogP contribution in [0.2, 0.25) is 0 Å². The molecule has 1 amide bonds. The van der Waals surface area contributed by atoms with Gasteiger partial charge in [0, 0.05) is 18.0 Å². The molecule has 0 saturated carbocycles. The number of hydrogen-bond acceptors (Lipinski definition) is 4. The number of nitrogens with zero attached hydrogens (tertiary/aromatic N) is 2. The van der Waals surface area contributed by atoms with Crippen LogP contribution >= 0.6 is 11.3 Å². The van der Waals surface area contributed by atoms with Gasteiger partial charge in [0.25, 0.3) is 0 Å². The number of rotatable bonds is 4. The largest absolute Gasteiger partial charge is 0.358 e. The SMILES string of the molecule is CNC(=O)[C@@H]1CCCCN1Cc1nc(-c2ccccc2)cs1. The fourth-order valence-electron chi connectivity index (χ4n) is 2.94. The van der Waals surface area contributed by atoms with Gasteiger partial charge in [-0.05, 0) is 19.4 Å². The number of amides is 1. The highest BCUT2D eigenvalue weighted by molar-refractivity contribution is 7.09. The van der Waals surface area contributed by atoms with E-state index in [1.165, 1.54) is 0 Å². The molecule has 0 aliphatic carbocycles. The van der Waals surface area contributed by atoms with Crippen molar-refractivity contribution in [3.63, 3.8) is 0 Å². The van der Waals surface area contributed by atoms with E-state index >= 15 is 0 Å². The van der Waals surface area contributed by atoms with Gasteiger partial charge < -0.3 is 5.32 Å². The number of carbonyl (C=O) groups excluding carboxylic acids is 1. The number of aromatic nitrogens is 1. The zero-order chi connectivity index (χ0) is 15.4. The van der Waals surface area contributed by atoms with Crippen molar-refractivity contribution in [2.24, 2.45) is 0 Å². The first kappa shape index (κ1) is 15.2. The van der Waals surface area contributed by atoms with Crippen molar-refractivity contribution in [1.29, 1.82) is 0 Å². The topological polar surface area (TPSA) is 45.2 Å². The molecule has 0 spiro atoms. The molecule has 1 aliphatic rings. The summed E-state index contributed by atoms with van der Waals surface area (Å²) in [5.41, 5.74) is 2.17. The molecule has 2 heterocycles. The highest BCUT2D eigenvalue weighted by Gasteiger charge is 2.28. The molecule has 1 fully saturated rings. The Bertz CT molecular complexity index is 626. The standard InChI is InChI=1S/C17H21N3OS/c1-18-17(21)15-9-5-6-10-20(15)11-16-19-14(12-22-16)13-7-3-2-4-8-13/h2-4,7-8,12,15H,5-6,9-11H2,1H3,(H,18,21)/t15-/m0/s1. The van der Waals surface area contributed by atoms with Gasteiger partial charge in [-0.3, -0.25) is 9.69 Å². The van der Waals surface area contributed by atoms with E-state index in [0.29, 0.717) is 0 Å². The van der Waals surface area contributed by atoms with Crippen LogP contribution in [0.15, 0.2) is 35.7 Å². The molecule has 1 saturated heterocycles. The second-order valence-electron chi connectivity index (χ2n) is 5.59. The van der Waals surface area contributed by atoms with Crippen LogP contribution < -0.4 is 5.32 Å². The summed E-state index contributed by atoms with van der Waals surface area (Å²) in [5, 5.41) is 5.96. The van der Waals surface area contributed by atoms with Crippen LogP contribution in [0, 0.1) is 0 Å². The summed E-state index contributed by atoms with van der Waals surface area (Å²) in [6, 6.07) is 10.2. The van der Waals surface area contributed by atoms with Crippen molar-refractivity contribution in [2.45, 2.75) is 31.8 Å². The normalized spacial score (nSPS) is 19.0. The third-order valence-corrected chi connectivity index (χ3v) is 4.96. The fraction of sp³-hybridized carbons (Fsp3) is 0.412. The predicted octanol–water partition coefficient (Wildman–Crippen LogP) is 2.91. The molecule has 0 bridgehead atoms. The molecule has 3 rings (SSSR count). The second-order valence-corrected chi connectivity index (χ2v) is 6.53. The van der Waals surface area contributed by atoms with Gasteiger partial charge in [0.2, 0.25) is 5.91 Å². The molecule has 4 nitrogen and oxygen atoms in total. The van der Waals surface area contributed by atoms with Gasteiger partial charge >= 0.3 is 0 Å². The van der Waals surface area contributed by atoms with Crippen molar-refractivity contribution in [1.82, 2.24) is 15.2 Å². The Morgan fingerprint density at radius 3 is 2.95 bits per heavy atom. The van der Waals surface area contributed by atoms with Crippen LogP contribution in [-0.4, -0.2) is 35.4 Å². The molecule has 116 valence electrons. The first-order chi connectivity index (χ1) is 10.8. The Morgan fingerprint density at radius 2 is 2.18 bits per heavy atom. The number of benzene rings is 1. The molecule has 2 aromatic rings. The lowest BCUT2D eigenvalue weighted by Gasteiger charge is -2.33. The lowest BCUT2D eigenvalue weighted by molar-refractivity contribution is -0.127. The van der Waals surface area contributed by atoms with Crippen molar-refractivity contribution >= 4 is 17.2 Å². The van der Waals surface area contributed by atoms with Crippen molar-refractivity contribution in [3.8, 4) is 11.3 Å². The summed E-state index contributed by atoms with van der Waals surface area (Å²) in [7, 11) is 1.71. The van der Waals surface area contributed by atoms with Crippen LogP contribution in [0.3, 0.4) is 0 Å². The van der Waals surface area contributed by atoms with E-state index in [-0.39, 0.29) is 11.9 Å². The van der Waals surface area contributed by atoms with E-state index < -0.39 is 0 Å². The van der Waals surface area contributed by atoms with Crippen LogP contribution in [0.25, 0.3) is 11.3 Å². The summed E-state index contributed by atoms with van der Waals surface area (Å²) in [6.07, 6.45) is 3.22. The molecule has 1 aromatic carbocycles. The van der Waals surface area contributed by atoms with Crippen LogP contribution in [0.5, 0.6) is 0 Å². The number of nitrogens with one attached hydrogen (secondary N) is 1. The summed E-state index contributed by atoms with van der Waals surface area (Å²) < 4.78 is 0. The number of likely N-dealkylation sites (N-methyl/N-ethyl adjacent to an activating group) is 1. The highest BCUT2D eigenvalue weighted by Crippen LogP contribution is 2.25. The number of hydrogen-bond donors (Lipinski definition) is 1. The maximum Gasteiger partial charge on any atom is 0.237 e. The van der Waals surface area contributed by atoms with Crippen LogP contribution in [-0.2, 0) is 11.3 Å². The Balaban J connectivity index is 1.72. The number of likely N-dealkylation sites (tertiary alicyclic amines) is 1. The first-order valence-electron chi connectivity index (χ1n) is 7.73. The zero-order valence-corrected chi connectivity index (χ0v) is 13.6. The maximum atomic E-state index is 12.0. The van der Waals surface area contributed by atoms with E-state index in [0.717, 1.165) is 48.6 Å². The lowest BCUT2D eigenvalue weighted by Crippen LogP contribution is -2.48. The fourth-order valence-corrected chi connectivity index (χ4v) is 3.77. The molecule has 1 aliphatic heterocycles. The van der Waals surface area contributed by atoms with Crippen LogP contribution in [0.1, 0.15) is 24.3 Å². The van der Waals surface area contributed by atoms with Gasteiger partial charge in [0.05, 0.1) is 18.3 Å². The minimum atomic E-state index is -0.0113. The molecular weight excluding hydrogens is 294 g/mol. The molecule has 0 unspecified atom stereocenters. The van der Waals surface area contributed by atoms with E-state index in [1.54, 1.807) is 18.4 Å². The third-order valence-electron chi connectivity index (χ3n) is 4.12. The molecule has 0 radical (unpaired) electrons. The molecule has 1 atom stereocenters. The Morgan fingerprint density at radius 1 is 1.36 bits per heavy atom. The van der Waals surface area contributed by atoms with Gasteiger partial charge in [-0.15, -0.1) is 11.3 Å². The van der Waals surface area contributed by atoms with Gasteiger partial charge in [-0.25, -0.2) is 4.98 Å². The number of thiazole rings is 1. The monoisotopic (exact) mass is 315 g/mol. The Labute approximate surface area is 135 Å². The molecular formula is C17H21N3OS. The van der Waals surface area contributed by atoms with Crippen molar-refractivity contribution < 1.29 is 4.79 Å². The molecule has 22 heavy (non-hydrogen) atoms. The Hall–Kier alpha value is -1.72. The summed E-state index contributed by atoms with van der Waals surface area (Å²) in [4.78, 5) is 19.0. The average Bonchev–Trinajstić information content (AvgIpc) is 3.04. The first-order valence-corrected chi connectivity index (χ1v) is 8.61. The smallest absolute Gasteiger partial charge is 0.237 e. The van der Waals surface area contributed by atoms with E-state index in [9.17, 15) is 4.79 Å². The third kappa shape index (κ3) is 3.36. The quantitative estimate of drug-likeness (QED) is 0.943. The van der Waals surface area contributed by atoms with E-state index in [4.69, 9.17) is 4.98 Å². The highest BCUT2D eigenvalue weighted by atomic mass is 32.1. The van der Waals surface area contributed by atoms with Crippen molar-refractivity contribution in [2.75, 3.05) is 13.6 Å². The van der Waals surface area contributed by atoms with Gasteiger partial charge in [0.15, 0.2) is 0 Å². The van der Waals surface area contributed by atoms with Gasteiger partial charge in [0.1, 0.15) is 5.01 Å². The summed E-state index contributed by atoms with van der Waals surface area (Å²) in [5.74, 6) is 0.125. The maximum absolute atomic E-state index is 12.0. The van der Waals surface area contributed by atoms with Crippen molar-refractivity contribution in [3.05, 3.63) is 40.7 Å². The predicted molar refractivity (Wildman–Crippen MR) is 89.7 cm³/mol. The second kappa shape index (κ2) is 7.03. The van der Waals surface area contributed by atoms with Gasteiger partial charge in [-0.2, -0.15) is 0 Å². The number of carbonyl (C=O) groups is 1. The summed E-state index contributed by atoms with van der Waals surface area (Å²) >= 11 is 1.67. The summed E-state index contributed by atoms with van der Waals surface area (Å²) in [6.45, 7) is 1.73. The number of piperidine rings is 1. The lowest BCUT2D eigenvalue weighted by atomic mass is 10.0. The van der Waals surface area contributed by atoms with Gasteiger partial charge in [-0.1, -0.05) is 36.8 Å². The zero-order valence-electron chi connectivity index (χ0n) is 12.8. The Kier molecular flexibility index (Phi) is 4.85.